The van der Waals surface area contributed by atoms with Crippen LogP contribution in [0.3, 0.4) is 0 Å². The minimum atomic E-state index is -0.187. The number of carbonyl (C=O) groups excluding carboxylic acids is 1. The van der Waals surface area contributed by atoms with Gasteiger partial charge in [0.2, 0.25) is 0 Å². The van der Waals surface area contributed by atoms with Crippen molar-refractivity contribution in [3.63, 3.8) is 0 Å². The monoisotopic (exact) mass is 445 g/mol. The number of para-hydroxylation sites is 2. The third kappa shape index (κ3) is 3.50. The SMILES string of the molecule is CC(C(=O)c1ccc(N2c3ccccc3C(C)(C)c3ccccc32)cc1)=C(O)c1ccccc1. The normalized spacial score (nSPS) is 14.6. The number of nitrogens with zero attached hydrogens (tertiary/aromatic N) is 1. The van der Waals surface area contributed by atoms with Crippen LogP contribution in [0.5, 0.6) is 0 Å². The van der Waals surface area contributed by atoms with E-state index < -0.39 is 0 Å². The number of hydrogen-bond donors (Lipinski definition) is 1. The van der Waals surface area contributed by atoms with E-state index in [9.17, 15) is 9.90 Å². The number of aliphatic hydroxyl groups is 1. The predicted molar refractivity (Wildman–Crippen MR) is 139 cm³/mol. The Morgan fingerprint density at radius 2 is 1.18 bits per heavy atom. The lowest BCUT2D eigenvalue weighted by atomic mass is 9.73. The second kappa shape index (κ2) is 8.35. The zero-order valence-electron chi connectivity index (χ0n) is 19.6. The quantitative estimate of drug-likeness (QED) is 0.197. The molecule has 0 aromatic heterocycles. The number of aliphatic hydroxyl groups excluding tert-OH is 1. The molecule has 0 unspecified atom stereocenters. The maximum Gasteiger partial charge on any atom is 0.192 e. The molecule has 0 atom stereocenters. The molecule has 4 aromatic rings. The van der Waals surface area contributed by atoms with E-state index in [2.05, 4.69) is 67.3 Å². The number of fused-ring (bicyclic) bond motifs is 2. The van der Waals surface area contributed by atoms with Crippen molar-refractivity contribution in [3.05, 3.63) is 131 Å². The molecule has 1 aliphatic rings. The number of benzene rings is 4. The molecule has 5 rings (SSSR count). The van der Waals surface area contributed by atoms with Gasteiger partial charge in [0.05, 0.1) is 11.4 Å². The average Bonchev–Trinajstić information content (AvgIpc) is 2.88. The summed E-state index contributed by atoms with van der Waals surface area (Å²) in [5.41, 5.74) is 7.19. The number of anilines is 3. The van der Waals surface area contributed by atoms with Gasteiger partial charge in [0.25, 0.3) is 0 Å². The van der Waals surface area contributed by atoms with Crippen LogP contribution < -0.4 is 4.90 Å². The Morgan fingerprint density at radius 1 is 0.676 bits per heavy atom. The lowest BCUT2D eigenvalue weighted by Crippen LogP contribution is -2.30. The molecule has 0 spiro atoms. The van der Waals surface area contributed by atoms with Gasteiger partial charge in [0.15, 0.2) is 5.78 Å². The molecule has 1 N–H and O–H groups in total. The van der Waals surface area contributed by atoms with E-state index in [1.807, 2.05) is 42.5 Å². The standard InChI is InChI=1S/C31H27NO2/c1-21(29(33)22-11-5-4-6-12-22)30(34)23-17-19-24(20-18-23)32-27-15-9-7-13-25(27)31(2,3)26-14-8-10-16-28(26)32/h4-20,33H,1-3H3. The second-order valence-corrected chi connectivity index (χ2v) is 9.21. The minimum absolute atomic E-state index is 0.00999. The molecule has 3 heteroatoms. The number of rotatable bonds is 4. The van der Waals surface area contributed by atoms with Crippen molar-refractivity contribution in [2.45, 2.75) is 26.2 Å². The Balaban J connectivity index is 1.54. The highest BCUT2D eigenvalue weighted by molar-refractivity contribution is 6.12. The van der Waals surface area contributed by atoms with E-state index in [0.717, 1.165) is 17.1 Å². The molecule has 0 radical (unpaired) electrons. The van der Waals surface area contributed by atoms with E-state index in [1.165, 1.54) is 11.1 Å². The zero-order chi connectivity index (χ0) is 23.9. The Hall–Kier alpha value is -4.11. The fraction of sp³-hybridized carbons (Fsp3) is 0.129. The van der Waals surface area contributed by atoms with Crippen molar-refractivity contribution in [2.24, 2.45) is 0 Å². The summed E-state index contributed by atoms with van der Waals surface area (Å²) in [5.74, 6) is -0.177. The molecule has 0 saturated heterocycles. The van der Waals surface area contributed by atoms with Gasteiger partial charge in [-0.2, -0.15) is 0 Å². The highest BCUT2D eigenvalue weighted by Crippen LogP contribution is 2.51. The fourth-order valence-corrected chi connectivity index (χ4v) is 4.85. The molecule has 0 fully saturated rings. The summed E-state index contributed by atoms with van der Waals surface area (Å²) in [6, 6.07) is 33.8. The van der Waals surface area contributed by atoms with E-state index >= 15 is 0 Å². The van der Waals surface area contributed by atoms with Crippen LogP contribution in [0.15, 0.2) is 109 Å². The number of ketones is 1. The van der Waals surface area contributed by atoms with Crippen molar-refractivity contribution in [1.29, 1.82) is 0 Å². The zero-order valence-corrected chi connectivity index (χ0v) is 19.6. The summed E-state index contributed by atoms with van der Waals surface area (Å²) in [4.78, 5) is 15.4. The average molecular weight is 446 g/mol. The Morgan fingerprint density at radius 3 is 1.74 bits per heavy atom. The van der Waals surface area contributed by atoms with Gasteiger partial charge in [-0.3, -0.25) is 4.79 Å². The molecular weight excluding hydrogens is 418 g/mol. The number of carbonyl (C=O) groups is 1. The van der Waals surface area contributed by atoms with Crippen LogP contribution in [0.2, 0.25) is 0 Å². The van der Waals surface area contributed by atoms with Gasteiger partial charge >= 0.3 is 0 Å². The van der Waals surface area contributed by atoms with Crippen LogP contribution in [0.1, 0.15) is 47.8 Å². The molecule has 4 aromatic carbocycles. The molecule has 0 aliphatic carbocycles. The maximum atomic E-state index is 13.1. The highest BCUT2D eigenvalue weighted by Gasteiger charge is 2.36. The molecule has 0 saturated carbocycles. The maximum absolute atomic E-state index is 13.1. The Labute approximate surface area is 200 Å². The van der Waals surface area contributed by atoms with Crippen LogP contribution in [-0.2, 0) is 5.41 Å². The lowest BCUT2D eigenvalue weighted by molar-refractivity contribution is 0.103. The van der Waals surface area contributed by atoms with Crippen molar-refractivity contribution in [1.82, 2.24) is 0 Å². The molecule has 0 amide bonds. The number of hydrogen-bond acceptors (Lipinski definition) is 3. The van der Waals surface area contributed by atoms with Gasteiger partial charge in [0.1, 0.15) is 5.76 Å². The van der Waals surface area contributed by atoms with Crippen molar-refractivity contribution in [2.75, 3.05) is 4.90 Å². The Bertz CT molecular complexity index is 1350. The fourth-order valence-electron chi connectivity index (χ4n) is 4.85. The Kier molecular flexibility index (Phi) is 5.33. The van der Waals surface area contributed by atoms with Crippen LogP contribution >= 0.6 is 0 Å². The topological polar surface area (TPSA) is 40.5 Å². The first-order valence-electron chi connectivity index (χ1n) is 11.5. The van der Waals surface area contributed by atoms with E-state index in [0.29, 0.717) is 16.7 Å². The third-order valence-corrected chi connectivity index (χ3v) is 6.77. The van der Waals surface area contributed by atoms with Crippen LogP contribution in [0.4, 0.5) is 17.1 Å². The molecule has 34 heavy (non-hydrogen) atoms. The lowest BCUT2D eigenvalue weighted by Gasteiger charge is -2.42. The van der Waals surface area contributed by atoms with Crippen molar-refractivity contribution >= 4 is 28.6 Å². The molecule has 0 bridgehead atoms. The largest absolute Gasteiger partial charge is 0.507 e. The molecular formula is C31H27NO2. The molecule has 1 aliphatic heterocycles. The summed E-state index contributed by atoms with van der Waals surface area (Å²) in [7, 11) is 0. The van der Waals surface area contributed by atoms with E-state index in [-0.39, 0.29) is 17.0 Å². The summed E-state index contributed by atoms with van der Waals surface area (Å²) >= 11 is 0. The summed E-state index contributed by atoms with van der Waals surface area (Å²) in [6.45, 7) is 6.19. The first-order chi connectivity index (χ1) is 16.4. The predicted octanol–water partition coefficient (Wildman–Crippen LogP) is 7.97. The third-order valence-electron chi connectivity index (χ3n) is 6.77. The van der Waals surface area contributed by atoms with Gasteiger partial charge in [-0.1, -0.05) is 80.6 Å². The summed E-state index contributed by atoms with van der Waals surface area (Å²) < 4.78 is 0. The highest BCUT2D eigenvalue weighted by atomic mass is 16.3. The molecule has 1 heterocycles. The summed E-state index contributed by atoms with van der Waals surface area (Å²) in [5, 5.41) is 10.6. The smallest absolute Gasteiger partial charge is 0.192 e. The van der Waals surface area contributed by atoms with Gasteiger partial charge in [-0.15, -0.1) is 0 Å². The van der Waals surface area contributed by atoms with E-state index in [4.69, 9.17) is 0 Å². The van der Waals surface area contributed by atoms with Crippen LogP contribution in [-0.4, -0.2) is 10.9 Å². The van der Waals surface area contributed by atoms with Gasteiger partial charge < -0.3 is 10.0 Å². The van der Waals surface area contributed by atoms with Crippen molar-refractivity contribution < 1.29 is 9.90 Å². The van der Waals surface area contributed by atoms with Gasteiger partial charge in [-0.05, 0) is 54.4 Å². The van der Waals surface area contributed by atoms with Crippen LogP contribution in [0, 0.1) is 0 Å². The minimum Gasteiger partial charge on any atom is -0.507 e. The van der Waals surface area contributed by atoms with Gasteiger partial charge in [0, 0.05) is 27.8 Å². The second-order valence-electron chi connectivity index (χ2n) is 9.21. The molecule has 3 nitrogen and oxygen atoms in total. The summed E-state index contributed by atoms with van der Waals surface area (Å²) in [6.07, 6.45) is 0. The van der Waals surface area contributed by atoms with Gasteiger partial charge in [-0.25, -0.2) is 0 Å². The van der Waals surface area contributed by atoms with Crippen molar-refractivity contribution in [3.8, 4) is 0 Å². The number of allylic oxidation sites excluding steroid dienone is 1. The van der Waals surface area contributed by atoms with Crippen LogP contribution in [0.25, 0.3) is 5.76 Å². The first-order valence-corrected chi connectivity index (χ1v) is 11.5. The van der Waals surface area contributed by atoms with E-state index in [1.54, 1.807) is 19.1 Å². The molecule has 168 valence electrons. The number of Topliss-reactive ketones (excluding diaryl/α,β-unsaturated/α-hetero) is 1. The first kappa shape index (κ1) is 21.7.